The Balaban J connectivity index is 4.10. The Bertz CT molecular complexity index is 206. The van der Waals surface area contributed by atoms with E-state index in [4.69, 9.17) is 5.73 Å². The molecular weight excluding hydrogens is 154 g/mol. The first kappa shape index (κ1) is 10.7. The van der Waals surface area contributed by atoms with E-state index in [0.29, 0.717) is 0 Å². The van der Waals surface area contributed by atoms with Crippen molar-refractivity contribution in [3.05, 3.63) is 11.8 Å². The molecule has 0 aliphatic rings. The van der Waals surface area contributed by atoms with Gasteiger partial charge in [-0.1, -0.05) is 0 Å². The van der Waals surface area contributed by atoms with Crippen LogP contribution in [0.15, 0.2) is 16.8 Å². The summed E-state index contributed by atoms with van der Waals surface area (Å²) in [6, 6.07) is 0.100. The highest BCUT2D eigenvalue weighted by Crippen LogP contribution is 1.84. The molecule has 0 saturated heterocycles. The molecule has 0 atom stereocenters. The van der Waals surface area contributed by atoms with Crippen LogP contribution >= 0.6 is 0 Å². The fourth-order valence-corrected chi connectivity index (χ4v) is 0.576. The Morgan fingerprint density at radius 1 is 1.58 bits per heavy atom. The van der Waals surface area contributed by atoms with Gasteiger partial charge in [0, 0.05) is 19.3 Å². The first-order valence-corrected chi connectivity index (χ1v) is 3.76. The van der Waals surface area contributed by atoms with Crippen molar-refractivity contribution in [2.24, 2.45) is 10.7 Å². The lowest BCUT2D eigenvalue weighted by Gasteiger charge is -2.06. The Morgan fingerprint density at radius 3 is 2.58 bits per heavy atom. The summed E-state index contributed by atoms with van der Waals surface area (Å²) < 4.78 is 0. The maximum atomic E-state index is 11.1. The predicted octanol–water partition coefficient (Wildman–Crippen LogP) is 0.0542. The number of allylic oxidation sites excluding steroid dienone is 1. The molecule has 0 unspecified atom stereocenters. The summed E-state index contributed by atoms with van der Waals surface area (Å²) in [6.07, 6.45) is 2.95. The van der Waals surface area contributed by atoms with Gasteiger partial charge in [0.1, 0.15) is 0 Å². The van der Waals surface area contributed by atoms with E-state index in [1.807, 2.05) is 13.8 Å². The van der Waals surface area contributed by atoms with Gasteiger partial charge in [-0.2, -0.15) is 0 Å². The zero-order valence-corrected chi connectivity index (χ0v) is 7.66. The summed E-state index contributed by atoms with van der Waals surface area (Å²) in [5.74, 6) is -0.259. The summed E-state index contributed by atoms with van der Waals surface area (Å²) in [7, 11) is 1.62. The third-order valence-corrected chi connectivity index (χ3v) is 1.09. The Morgan fingerprint density at radius 2 is 2.17 bits per heavy atom. The fraction of sp³-hybridized carbons (Fsp3) is 0.500. The number of amides is 1. The normalized spacial score (nSPS) is 12.5. The number of nitrogens with zero attached hydrogens (tertiary/aromatic N) is 1. The van der Waals surface area contributed by atoms with Crippen molar-refractivity contribution < 1.29 is 4.79 Å². The van der Waals surface area contributed by atoms with E-state index in [1.54, 1.807) is 7.05 Å². The standard InChI is InChI=1S/C8H15N3O/c1-6(2)11-8(12)7(9)4-5-10-3/h4-6H,9H2,1-3H3,(H,11,12). The van der Waals surface area contributed by atoms with Gasteiger partial charge in [0.05, 0.1) is 5.70 Å². The number of carbonyl (C=O) groups is 1. The fourth-order valence-electron chi connectivity index (χ4n) is 0.576. The van der Waals surface area contributed by atoms with E-state index in [9.17, 15) is 4.79 Å². The van der Waals surface area contributed by atoms with Gasteiger partial charge in [0.25, 0.3) is 5.91 Å². The van der Waals surface area contributed by atoms with E-state index in [0.717, 1.165) is 0 Å². The van der Waals surface area contributed by atoms with E-state index in [2.05, 4.69) is 10.3 Å². The Kier molecular flexibility index (Phi) is 4.76. The van der Waals surface area contributed by atoms with Crippen molar-refractivity contribution in [1.82, 2.24) is 5.32 Å². The number of carbonyl (C=O) groups excluding carboxylic acids is 1. The van der Waals surface area contributed by atoms with Crippen molar-refractivity contribution in [1.29, 1.82) is 0 Å². The van der Waals surface area contributed by atoms with Gasteiger partial charge < -0.3 is 11.1 Å². The van der Waals surface area contributed by atoms with Gasteiger partial charge >= 0.3 is 0 Å². The number of nitrogens with two attached hydrogens (primary N) is 1. The Hall–Kier alpha value is -1.32. The average molecular weight is 169 g/mol. The van der Waals surface area contributed by atoms with E-state index < -0.39 is 0 Å². The van der Waals surface area contributed by atoms with Gasteiger partial charge in [-0.3, -0.25) is 9.79 Å². The van der Waals surface area contributed by atoms with Crippen molar-refractivity contribution >= 4 is 12.1 Å². The zero-order valence-electron chi connectivity index (χ0n) is 7.66. The van der Waals surface area contributed by atoms with Gasteiger partial charge in [-0.05, 0) is 19.9 Å². The maximum absolute atomic E-state index is 11.1. The van der Waals surface area contributed by atoms with E-state index >= 15 is 0 Å². The molecule has 0 saturated carbocycles. The van der Waals surface area contributed by atoms with Crippen molar-refractivity contribution in [3.8, 4) is 0 Å². The molecule has 0 aromatic carbocycles. The minimum atomic E-state index is -0.259. The van der Waals surface area contributed by atoms with Gasteiger partial charge in [0.15, 0.2) is 0 Å². The largest absolute Gasteiger partial charge is 0.394 e. The van der Waals surface area contributed by atoms with E-state index in [-0.39, 0.29) is 17.6 Å². The smallest absolute Gasteiger partial charge is 0.267 e. The van der Waals surface area contributed by atoms with Crippen LogP contribution in [-0.2, 0) is 4.79 Å². The molecule has 12 heavy (non-hydrogen) atoms. The molecule has 1 amide bonds. The molecule has 0 heterocycles. The third kappa shape index (κ3) is 4.49. The summed E-state index contributed by atoms with van der Waals surface area (Å²) >= 11 is 0. The first-order valence-electron chi connectivity index (χ1n) is 3.76. The molecule has 0 radical (unpaired) electrons. The lowest BCUT2D eigenvalue weighted by Crippen LogP contribution is -2.33. The molecule has 0 aliphatic carbocycles. The van der Waals surface area contributed by atoms with Crippen LogP contribution in [0.2, 0.25) is 0 Å². The minimum Gasteiger partial charge on any atom is -0.394 e. The third-order valence-electron chi connectivity index (χ3n) is 1.09. The van der Waals surface area contributed by atoms with Gasteiger partial charge in [-0.15, -0.1) is 0 Å². The highest BCUT2D eigenvalue weighted by atomic mass is 16.2. The molecule has 68 valence electrons. The highest BCUT2D eigenvalue weighted by molar-refractivity contribution is 5.96. The summed E-state index contributed by atoms with van der Waals surface area (Å²) in [5, 5.41) is 2.66. The molecule has 0 rings (SSSR count). The number of aliphatic imine (C=N–C) groups is 1. The molecule has 0 aromatic rings. The number of hydrogen-bond acceptors (Lipinski definition) is 3. The second kappa shape index (κ2) is 5.35. The average Bonchev–Trinajstić information content (AvgIpc) is 1.98. The first-order chi connectivity index (χ1) is 5.57. The monoisotopic (exact) mass is 169 g/mol. The van der Waals surface area contributed by atoms with Crippen LogP contribution in [0, 0.1) is 0 Å². The molecule has 3 N–H and O–H groups in total. The molecule has 0 aromatic heterocycles. The lowest BCUT2D eigenvalue weighted by molar-refractivity contribution is -0.118. The zero-order chi connectivity index (χ0) is 9.56. The summed E-state index contributed by atoms with van der Waals surface area (Å²) in [4.78, 5) is 14.8. The van der Waals surface area contributed by atoms with Crippen molar-refractivity contribution in [2.75, 3.05) is 7.05 Å². The van der Waals surface area contributed by atoms with Gasteiger partial charge in [0.2, 0.25) is 0 Å². The molecule has 0 fully saturated rings. The maximum Gasteiger partial charge on any atom is 0.267 e. The molecule has 4 heteroatoms. The van der Waals surface area contributed by atoms with Crippen LogP contribution in [0.1, 0.15) is 13.8 Å². The molecule has 4 nitrogen and oxygen atoms in total. The second-order valence-electron chi connectivity index (χ2n) is 2.66. The van der Waals surface area contributed by atoms with Crippen LogP contribution in [0.3, 0.4) is 0 Å². The second-order valence-corrected chi connectivity index (χ2v) is 2.66. The van der Waals surface area contributed by atoms with Crippen molar-refractivity contribution in [3.63, 3.8) is 0 Å². The summed E-state index contributed by atoms with van der Waals surface area (Å²) in [5.41, 5.74) is 5.58. The van der Waals surface area contributed by atoms with Crippen LogP contribution in [-0.4, -0.2) is 25.2 Å². The molecule has 0 spiro atoms. The molecule has 0 aliphatic heterocycles. The molecular formula is C8H15N3O. The number of rotatable bonds is 3. The topological polar surface area (TPSA) is 67.5 Å². The van der Waals surface area contributed by atoms with E-state index in [1.165, 1.54) is 12.3 Å². The number of nitrogens with one attached hydrogen (secondary N) is 1. The minimum absolute atomic E-state index is 0.100. The quantitative estimate of drug-likeness (QED) is 0.463. The van der Waals surface area contributed by atoms with Crippen molar-refractivity contribution in [2.45, 2.75) is 19.9 Å². The van der Waals surface area contributed by atoms with Crippen LogP contribution in [0.25, 0.3) is 0 Å². The SMILES string of the molecule is CN=CC=C(N)C(=O)NC(C)C. The van der Waals surface area contributed by atoms with Crippen LogP contribution in [0.4, 0.5) is 0 Å². The van der Waals surface area contributed by atoms with Crippen LogP contribution < -0.4 is 11.1 Å². The van der Waals surface area contributed by atoms with Crippen LogP contribution in [0.5, 0.6) is 0 Å². The Labute approximate surface area is 72.6 Å². The highest BCUT2D eigenvalue weighted by Gasteiger charge is 2.04. The summed E-state index contributed by atoms with van der Waals surface area (Å²) in [6.45, 7) is 3.75. The number of hydrogen-bond donors (Lipinski definition) is 2. The predicted molar refractivity (Wildman–Crippen MR) is 50.0 cm³/mol. The molecule has 0 bridgehead atoms. The lowest BCUT2D eigenvalue weighted by atomic mass is 10.3. The van der Waals surface area contributed by atoms with Gasteiger partial charge in [-0.25, -0.2) is 0 Å².